The fourth-order valence-electron chi connectivity index (χ4n) is 5.07. The van der Waals surface area contributed by atoms with Crippen molar-refractivity contribution in [2.45, 2.75) is 57.5 Å². The Morgan fingerprint density at radius 2 is 1.96 bits per heavy atom. The Labute approximate surface area is 165 Å². The molecule has 1 saturated carbocycles. The molecule has 5 rings (SSSR count). The quantitative estimate of drug-likeness (QED) is 0.883. The number of nitrogens with zero attached hydrogens (tertiary/aromatic N) is 5. The van der Waals surface area contributed by atoms with Crippen LogP contribution in [0.3, 0.4) is 0 Å². The molecule has 28 heavy (non-hydrogen) atoms. The smallest absolute Gasteiger partial charge is 0.226 e. The number of aromatic amines is 1. The number of amides is 1. The van der Waals surface area contributed by atoms with E-state index in [0.29, 0.717) is 5.91 Å². The number of imidazole rings is 1. The summed E-state index contributed by atoms with van der Waals surface area (Å²) in [6.07, 6.45) is 11.4. The Morgan fingerprint density at radius 3 is 2.68 bits per heavy atom. The lowest BCUT2D eigenvalue weighted by molar-refractivity contribution is -0.149. The van der Waals surface area contributed by atoms with Crippen LogP contribution >= 0.6 is 0 Å². The summed E-state index contributed by atoms with van der Waals surface area (Å²) >= 11 is 0. The lowest BCUT2D eigenvalue weighted by atomic mass is 9.76. The highest BCUT2D eigenvalue weighted by Gasteiger charge is 2.50. The number of H-pyrrole nitrogens is 1. The first-order valence-corrected chi connectivity index (χ1v) is 10.5. The maximum absolute atomic E-state index is 13.3. The van der Waals surface area contributed by atoms with Gasteiger partial charge in [-0.3, -0.25) is 19.7 Å². The van der Waals surface area contributed by atoms with Crippen LogP contribution in [0, 0.1) is 12.8 Å². The van der Waals surface area contributed by atoms with Crippen LogP contribution in [0.1, 0.15) is 54.9 Å². The number of piperidine rings is 1. The summed E-state index contributed by atoms with van der Waals surface area (Å²) in [5.74, 6) is 0.593. The molecule has 2 aromatic rings. The van der Waals surface area contributed by atoms with Gasteiger partial charge in [-0.05, 0) is 32.6 Å². The molecule has 1 spiro atoms. The summed E-state index contributed by atoms with van der Waals surface area (Å²) in [5.41, 5.74) is 4.13. The zero-order valence-corrected chi connectivity index (χ0v) is 16.5. The SMILES string of the molecule is Cc1nccnc1CN1CCC2(CC1)c1nc[nH]c1CCN2C(=O)C1CCC1. The number of carbonyl (C=O) groups excluding carboxylic acids is 1. The Bertz CT molecular complexity index is 865. The summed E-state index contributed by atoms with van der Waals surface area (Å²) in [4.78, 5) is 34.8. The normalized spacial score (nSPS) is 22.1. The maximum Gasteiger partial charge on any atom is 0.226 e. The Balaban J connectivity index is 1.38. The lowest BCUT2D eigenvalue weighted by Gasteiger charge is -2.52. The van der Waals surface area contributed by atoms with Gasteiger partial charge in [0.05, 0.1) is 28.9 Å². The van der Waals surface area contributed by atoms with Crippen molar-refractivity contribution in [3.8, 4) is 0 Å². The van der Waals surface area contributed by atoms with Crippen LogP contribution in [-0.2, 0) is 23.3 Å². The van der Waals surface area contributed by atoms with Gasteiger partial charge in [-0.25, -0.2) is 4.98 Å². The van der Waals surface area contributed by atoms with Crippen LogP contribution in [0.4, 0.5) is 0 Å². The van der Waals surface area contributed by atoms with E-state index in [0.717, 1.165) is 75.4 Å². The van der Waals surface area contributed by atoms with E-state index in [-0.39, 0.29) is 11.5 Å². The molecule has 2 aromatic heterocycles. The minimum Gasteiger partial charge on any atom is -0.348 e. The minimum absolute atomic E-state index is 0.234. The monoisotopic (exact) mass is 380 g/mol. The molecule has 0 atom stereocenters. The van der Waals surface area contributed by atoms with Crippen LogP contribution in [0.2, 0.25) is 0 Å². The van der Waals surface area contributed by atoms with E-state index in [1.807, 2.05) is 6.92 Å². The van der Waals surface area contributed by atoms with E-state index in [4.69, 9.17) is 4.98 Å². The van der Waals surface area contributed by atoms with E-state index < -0.39 is 0 Å². The second kappa shape index (κ2) is 6.95. The topological polar surface area (TPSA) is 78.0 Å². The highest BCUT2D eigenvalue weighted by molar-refractivity contribution is 5.81. The van der Waals surface area contributed by atoms with Crippen LogP contribution in [0.15, 0.2) is 18.7 Å². The minimum atomic E-state index is -0.242. The molecule has 1 amide bonds. The van der Waals surface area contributed by atoms with Gasteiger partial charge in [0.15, 0.2) is 0 Å². The molecular formula is C21H28N6O. The molecule has 4 heterocycles. The van der Waals surface area contributed by atoms with E-state index >= 15 is 0 Å². The van der Waals surface area contributed by atoms with Gasteiger partial charge >= 0.3 is 0 Å². The molecule has 0 aromatic carbocycles. The molecule has 0 radical (unpaired) electrons. The summed E-state index contributed by atoms with van der Waals surface area (Å²) in [6.45, 7) is 5.53. The van der Waals surface area contributed by atoms with Crippen molar-refractivity contribution in [3.05, 3.63) is 41.5 Å². The van der Waals surface area contributed by atoms with Gasteiger partial charge < -0.3 is 9.88 Å². The molecule has 1 aliphatic carbocycles. The zero-order chi connectivity index (χ0) is 19.1. The Morgan fingerprint density at radius 1 is 1.18 bits per heavy atom. The summed E-state index contributed by atoms with van der Waals surface area (Å²) in [7, 11) is 0. The van der Waals surface area contributed by atoms with Gasteiger partial charge in [-0.2, -0.15) is 0 Å². The summed E-state index contributed by atoms with van der Waals surface area (Å²) in [5, 5.41) is 0. The third-order valence-electron chi connectivity index (χ3n) is 7.02. The van der Waals surface area contributed by atoms with Crippen LogP contribution < -0.4 is 0 Å². The molecule has 1 N–H and O–H groups in total. The van der Waals surface area contributed by atoms with E-state index in [2.05, 4.69) is 24.8 Å². The van der Waals surface area contributed by atoms with Gasteiger partial charge in [0.2, 0.25) is 5.91 Å². The molecule has 0 bridgehead atoms. The van der Waals surface area contributed by atoms with Crippen molar-refractivity contribution in [2.24, 2.45) is 5.92 Å². The molecule has 7 heteroatoms. The van der Waals surface area contributed by atoms with Crippen molar-refractivity contribution in [3.63, 3.8) is 0 Å². The third kappa shape index (κ3) is 2.83. The number of aryl methyl sites for hydroxylation is 1. The highest BCUT2D eigenvalue weighted by Crippen LogP contribution is 2.44. The predicted molar refractivity (Wildman–Crippen MR) is 104 cm³/mol. The number of hydrogen-bond donors (Lipinski definition) is 1. The van der Waals surface area contributed by atoms with Gasteiger partial charge in [0.1, 0.15) is 0 Å². The number of likely N-dealkylation sites (tertiary alicyclic amines) is 1. The second-order valence-corrected chi connectivity index (χ2v) is 8.49. The first-order valence-electron chi connectivity index (χ1n) is 10.5. The molecule has 3 aliphatic rings. The zero-order valence-electron chi connectivity index (χ0n) is 16.5. The fourth-order valence-corrected chi connectivity index (χ4v) is 5.07. The van der Waals surface area contributed by atoms with E-state index in [1.165, 1.54) is 12.1 Å². The number of hydrogen-bond acceptors (Lipinski definition) is 5. The number of rotatable bonds is 3. The molecule has 7 nitrogen and oxygen atoms in total. The average molecular weight is 380 g/mol. The lowest BCUT2D eigenvalue weighted by Crippen LogP contribution is -2.59. The van der Waals surface area contributed by atoms with Crippen molar-refractivity contribution in [1.82, 2.24) is 29.7 Å². The molecule has 2 fully saturated rings. The van der Waals surface area contributed by atoms with Gasteiger partial charge in [0, 0.05) is 56.6 Å². The Hall–Kier alpha value is -2.28. The highest BCUT2D eigenvalue weighted by atomic mass is 16.2. The van der Waals surface area contributed by atoms with Gasteiger partial charge in [-0.1, -0.05) is 6.42 Å². The Kier molecular flexibility index (Phi) is 4.42. The van der Waals surface area contributed by atoms with Gasteiger partial charge in [-0.15, -0.1) is 0 Å². The van der Waals surface area contributed by atoms with Crippen molar-refractivity contribution in [2.75, 3.05) is 19.6 Å². The fraction of sp³-hybridized carbons (Fsp3) is 0.619. The number of nitrogens with one attached hydrogen (secondary N) is 1. The second-order valence-electron chi connectivity index (χ2n) is 8.49. The molecule has 0 unspecified atom stereocenters. The molecule has 2 aliphatic heterocycles. The average Bonchev–Trinajstić information content (AvgIpc) is 3.14. The largest absolute Gasteiger partial charge is 0.348 e. The molecule has 1 saturated heterocycles. The number of aromatic nitrogens is 4. The van der Waals surface area contributed by atoms with E-state index in [1.54, 1.807) is 18.7 Å². The molecular weight excluding hydrogens is 352 g/mol. The van der Waals surface area contributed by atoms with E-state index in [9.17, 15) is 4.79 Å². The van der Waals surface area contributed by atoms with Crippen LogP contribution in [-0.4, -0.2) is 55.3 Å². The first kappa shape index (κ1) is 17.8. The standard InChI is InChI=1S/C21H28N6O/c1-15-18(23-9-8-22-15)13-26-11-6-21(7-12-26)19-17(24-14-25-19)5-10-27(21)20(28)16-3-2-4-16/h8-9,14,16H,2-7,10-13H2,1H3,(H,24,25). The maximum atomic E-state index is 13.3. The number of carbonyl (C=O) groups is 1. The van der Waals surface area contributed by atoms with Crippen molar-refractivity contribution < 1.29 is 4.79 Å². The molecule has 148 valence electrons. The number of fused-ring (bicyclic) bond motifs is 2. The van der Waals surface area contributed by atoms with Crippen molar-refractivity contribution in [1.29, 1.82) is 0 Å². The third-order valence-corrected chi connectivity index (χ3v) is 7.02. The van der Waals surface area contributed by atoms with Crippen molar-refractivity contribution >= 4 is 5.91 Å². The summed E-state index contributed by atoms with van der Waals surface area (Å²) < 4.78 is 0. The predicted octanol–water partition coefficient (Wildman–Crippen LogP) is 2.18. The van der Waals surface area contributed by atoms with Gasteiger partial charge in [0.25, 0.3) is 0 Å². The van der Waals surface area contributed by atoms with Crippen LogP contribution in [0.5, 0.6) is 0 Å². The summed E-state index contributed by atoms with van der Waals surface area (Å²) in [6, 6.07) is 0. The van der Waals surface area contributed by atoms with Crippen LogP contribution in [0.25, 0.3) is 0 Å². The first-order chi connectivity index (χ1) is 13.7.